The van der Waals surface area contributed by atoms with Crippen molar-refractivity contribution in [3.05, 3.63) is 76.9 Å². The molecule has 0 saturated carbocycles. The Kier molecular flexibility index (Phi) is 6.26. The van der Waals surface area contributed by atoms with Crippen LogP contribution in [0.25, 0.3) is 0 Å². The normalized spacial score (nSPS) is 10.5. The van der Waals surface area contributed by atoms with Crippen molar-refractivity contribution in [1.82, 2.24) is 15.2 Å². The highest BCUT2D eigenvalue weighted by molar-refractivity contribution is 6.04. The van der Waals surface area contributed by atoms with Gasteiger partial charge in [0.15, 0.2) is 0 Å². The van der Waals surface area contributed by atoms with Crippen molar-refractivity contribution < 1.29 is 9.18 Å². The standard InChI is InChI=1S/C21H22FN5O/c1-3-18-19(4-2)26-27-21(25-18)23-13-14-6-5-7-17(12-14)24-20(28)15-8-10-16(22)11-9-15/h5-12H,3-4,13H2,1-2H3,(H,24,28)(H,23,25,27). The summed E-state index contributed by atoms with van der Waals surface area (Å²) < 4.78 is 13.0. The van der Waals surface area contributed by atoms with Crippen LogP contribution in [-0.4, -0.2) is 21.1 Å². The number of aryl methyl sites for hydroxylation is 2. The van der Waals surface area contributed by atoms with Crippen LogP contribution in [0.15, 0.2) is 48.5 Å². The smallest absolute Gasteiger partial charge is 0.255 e. The van der Waals surface area contributed by atoms with E-state index in [9.17, 15) is 9.18 Å². The number of rotatable bonds is 7. The average molecular weight is 379 g/mol. The monoisotopic (exact) mass is 379 g/mol. The average Bonchev–Trinajstić information content (AvgIpc) is 2.72. The van der Waals surface area contributed by atoms with Gasteiger partial charge >= 0.3 is 0 Å². The number of anilines is 2. The van der Waals surface area contributed by atoms with Crippen LogP contribution in [0.5, 0.6) is 0 Å². The van der Waals surface area contributed by atoms with E-state index in [4.69, 9.17) is 0 Å². The molecule has 3 rings (SSSR count). The summed E-state index contributed by atoms with van der Waals surface area (Å²) in [4.78, 5) is 16.8. The molecule has 0 aliphatic rings. The fraction of sp³-hybridized carbons (Fsp3) is 0.238. The van der Waals surface area contributed by atoms with Gasteiger partial charge in [0, 0.05) is 17.8 Å². The third kappa shape index (κ3) is 4.88. The molecule has 0 unspecified atom stereocenters. The lowest BCUT2D eigenvalue weighted by Gasteiger charge is -2.10. The maximum Gasteiger partial charge on any atom is 0.255 e. The molecule has 0 aliphatic heterocycles. The number of nitrogens with one attached hydrogen (secondary N) is 2. The first-order valence-electron chi connectivity index (χ1n) is 9.21. The van der Waals surface area contributed by atoms with E-state index in [1.807, 2.05) is 32.0 Å². The van der Waals surface area contributed by atoms with E-state index < -0.39 is 0 Å². The van der Waals surface area contributed by atoms with Gasteiger partial charge in [-0.25, -0.2) is 9.37 Å². The van der Waals surface area contributed by atoms with Crippen LogP contribution in [0, 0.1) is 5.82 Å². The highest BCUT2D eigenvalue weighted by Crippen LogP contribution is 2.14. The number of carbonyl (C=O) groups is 1. The maximum absolute atomic E-state index is 13.0. The second-order valence-corrected chi connectivity index (χ2v) is 6.25. The van der Waals surface area contributed by atoms with Crippen molar-refractivity contribution in [2.45, 2.75) is 33.2 Å². The van der Waals surface area contributed by atoms with Crippen LogP contribution in [-0.2, 0) is 19.4 Å². The first-order chi connectivity index (χ1) is 13.6. The molecule has 3 aromatic rings. The van der Waals surface area contributed by atoms with Crippen molar-refractivity contribution in [3.8, 4) is 0 Å². The van der Waals surface area contributed by atoms with Crippen LogP contribution in [0.3, 0.4) is 0 Å². The zero-order chi connectivity index (χ0) is 19.9. The minimum absolute atomic E-state index is 0.291. The summed E-state index contributed by atoms with van der Waals surface area (Å²) in [6, 6.07) is 12.9. The second-order valence-electron chi connectivity index (χ2n) is 6.25. The Morgan fingerprint density at radius 1 is 1.00 bits per heavy atom. The van der Waals surface area contributed by atoms with E-state index in [0.717, 1.165) is 29.8 Å². The molecule has 0 fully saturated rings. The molecule has 2 aromatic carbocycles. The number of benzene rings is 2. The Hall–Kier alpha value is -3.35. The molecule has 0 atom stereocenters. The molecule has 0 spiro atoms. The number of hydrogen-bond acceptors (Lipinski definition) is 5. The number of amides is 1. The summed E-state index contributed by atoms with van der Waals surface area (Å²) >= 11 is 0. The third-order valence-electron chi connectivity index (χ3n) is 4.25. The lowest BCUT2D eigenvalue weighted by atomic mass is 10.1. The summed E-state index contributed by atoms with van der Waals surface area (Å²) in [7, 11) is 0. The predicted molar refractivity (Wildman–Crippen MR) is 107 cm³/mol. The molecule has 0 saturated heterocycles. The molecule has 1 heterocycles. The minimum atomic E-state index is -0.375. The Labute approximate surface area is 163 Å². The molecular formula is C21H22FN5O. The highest BCUT2D eigenvalue weighted by atomic mass is 19.1. The number of hydrogen-bond donors (Lipinski definition) is 2. The van der Waals surface area contributed by atoms with Gasteiger partial charge in [0.2, 0.25) is 5.95 Å². The molecule has 28 heavy (non-hydrogen) atoms. The Morgan fingerprint density at radius 3 is 2.46 bits per heavy atom. The quantitative estimate of drug-likeness (QED) is 0.649. The zero-order valence-electron chi connectivity index (χ0n) is 15.9. The van der Waals surface area contributed by atoms with Crippen molar-refractivity contribution in [1.29, 1.82) is 0 Å². The molecule has 0 bridgehead atoms. The topological polar surface area (TPSA) is 79.8 Å². The van der Waals surface area contributed by atoms with Crippen LogP contribution in [0.1, 0.15) is 41.2 Å². The van der Waals surface area contributed by atoms with Gasteiger partial charge in [-0.05, 0) is 54.8 Å². The fourth-order valence-corrected chi connectivity index (χ4v) is 2.76. The summed E-state index contributed by atoms with van der Waals surface area (Å²) in [6.07, 6.45) is 1.61. The Balaban J connectivity index is 1.65. The second kappa shape index (κ2) is 9.03. The van der Waals surface area contributed by atoms with Crippen LogP contribution >= 0.6 is 0 Å². The van der Waals surface area contributed by atoms with Gasteiger partial charge in [0.25, 0.3) is 5.91 Å². The number of carbonyl (C=O) groups excluding carboxylic acids is 1. The van der Waals surface area contributed by atoms with E-state index >= 15 is 0 Å². The summed E-state index contributed by atoms with van der Waals surface area (Å²) in [6.45, 7) is 4.57. The molecule has 0 radical (unpaired) electrons. The Morgan fingerprint density at radius 2 is 1.75 bits per heavy atom. The van der Waals surface area contributed by atoms with Crippen molar-refractivity contribution >= 4 is 17.5 Å². The summed E-state index contributed by atoms with van der Waals surface area (Å²) in [5.41, 5.74) is 3.87. The molecule has 1 aromatic heterocycles. The zero-order valence-corrected chi connectivity index (χ0v) is 15.9. The van der Waals surface area contributed by atoms with Gasteiger partial charge in [-0.1, -0.05) is 26.0 Å². The van der Waals surface area contributed by atoms with Crippen LogP contribution in [0.4, 0.5) is 16.0 Å². The maximum atomic E-state index is 13.0. The SMILES string of the molecule is CCc1nnc(NCc2cccc(NC(=O)c3ccc(F)cc3)c2)nc1CC. The Bertz CT molecular complexity index is 959. The molecule has 2 N–H and O–H groups in total. The molecule has 144 valence electrons. The minimum Gasteiger partial charge on any atom is -0.349 e. The highest BCUT2D eigenvalue weighted by Gasteiger charge is 2.08. The van der Waals surface area contributed by atoms with Gasteiger partial charge in [-0.2, -0.15) is 5.10 Å². The number of halogens is 1. The molecule has 1 amide bonds. The fourth-order valence-electron chi connectivity index (χ4n) is 2.76. The van der Waals surface area contributed by atoms with Crippen molar-refractivity contribution in [2.24, 2.45) is 0 Å². The molecular weight excluding hydrogens is 357 g/mol. The van der Waals surface area contributed by atoms with E-state index in [1.54, 1.807) is 6.07 Å². The van der Waals surface area contributed by atoms with Crippen LogP contribution < -0.4 is 10.6 Å². The predicted octanol–water partition coefficient (Wildman–Crippen LogP) is 4.00. The van der Waals surface area contributed by atoms with Gasteiger partial charge < -0.3 is 10.6 Å². The number of aromatic nitrogens is 3. The van der Waals surface area contributed by atoms with Gasteiger partial charge in [0.1, 0.15) is 5.82 Å². The molecule has 6 nitrogen and oxygen atoms in total. The van der Waals surface area contributed by atoms with Crippen LogP contribution in [0.2, 0.25) is 0 Å². The van der Waals surface area contributed by atoms with E-state index in [2.05, 4.69) is 25.8 Å². The summed E-state index contributed by atoms with van der Waals surface area (Å²) in [5.74, 6) is -0.185. The van der Waals surface area contributed by atoms with Gasteiger partial charge in [0.05, 0.1) is 11.4 Å². The van der Waals surface area contributed by atoms with E-state index in [0.29, 0.717) is 23.7 Å². The van der Waals surface area contributed by atoms with Crippen molar-refractivity contribution in [3.63, 3.8) is 0 Å². The van der Waals surface area contributed by atoms with E-state index in [-0.39, 0.29) is 11.7 Å². The third-order valence-corrected chi connectivity index (χ3v) is 4.25. The van der Waals surface area contributed by atoms with Crippen molar-refractivity contribution in [2.75, 3.05) is 10.6 Å². The summed E-state index contributed by atoms with van der Waals surface area (Å²) in [5, 5.41) is 14.3. The lowest BCUT2D eigenvalue weighted by molar-refractivity contribution is 0.102. The van der Waals surface area contributed by atoms with Gasteiger partial charge in [-0.15, -0.1) is 5.10 Å². The largest absolute Gasteiger partial charge is 0.349 e. The molecule has 7 heteroatoms. The number of nitrogens with zero attached hydrogens (tertiary/aromatic N) is 3. The first-order valence-corrected chi connectivity index (χ1v) is 9.21. The van der Waals surface area contributed by atoms with E-state index in [1.165, 1.54) is 24.3 Å². The molecule has 0 aliphatic carbocycles. The lowest BCUT2D eigenvalue weighted by Crippen LogP contribution is -2.12. The van der Waals surface area contributed by atoms with Gasteiger partial charge in [-0.3, -0.25) is 4.79 Å². The first kappa shape index (κ1) is 19.4.